The van der Waals surface area contributed by atoms with Crippen LogP contribution in [0, 0.1) is 11.3 Å². The van der Waals surface area contributed by atoms with Crippen LogP contribution in [0.3, 0.4) is 0 Å². The highest BCUT2D eigenvalue weighted by Gasteiger charge is 2.37. The Balaban J connectivity index is 1.51. The monoisotopic (exact) mass is 332 g/mol. The largest absolute Gasteiger partial charge is 0.356 e. The lowest BCUT2D eigenvalue weighted by Gasteiger charge is -2.38. The van der Waals surface area contributed by atoms with E-state index in [0.29, 0.717) is 5.41 Å². The lowest BCUT2D eigenvalue weighted by molar-refractivity contribution is 0.443. The predicted molar refractivity (Wildman–Crippen MR) is 102 cm³/mol. The van der Waals surface area contributed by atoms with Gasteiger partial charge in [-0.3, -0.25) is 5.10 Å². The van der Waals surface area contributed by atoms with E-state index >= 15 is 0 Å². The molecule has 3 aromatic rings. The smallest absolute Gasteiger partial charge is 0.129 e. The Hall–Kier alpha value is -2.36. The Kier molecular flexibility index (Phi) is 3.18. The molecule has 1 aliphatic heterocycles. The highest BCUT2D eigenvalue weighted by Crippen LogP contribution is 2.48. The van der Waals surface area contributed by atoms with Gasteiger partial charge < -0.3 is 4.90 Å². The zero-order chi connectivity index (χ0) is 17.0. The first-order valence-electron chi connectivity index (χ1n) is 9.28. The minimum absolute atomic E-state index is 0.523. The van der Waals surface area contributed by atoms with Gasteiger partial charge in [0.1, 0.15) is 11.5 Å². The lowest BCUT2D eigenvalue weighted by Crippen LogP contribution is -2.45. The number of nitrogens with one attached hydrogen (secondary N) is 1. The van der Waals surface area contributed by atoms with Gasteiger partial charge in [0, 0.05) is 30.2 Å². The van der Waals surface area contributed by atoms with Crippen LogP contribution >= 0.6 is 0 Å². The van der Waals surface area contributed by atoms with Gasteiger partial charge in [0.05, 0.1) is 5.52 Å². The number of anilines is 1. The molecule has 0 bridgehead atoms. The van der Waals surface area contributed by atoms with Crippen molar-refractivity contribution in [2.75, 3.05) is 18.0 Å². The highest BCUT2D eigenvalue weighted by molar-refractivity contribution is 5.93. The second-order valence-corrected chi connectivity index (χ2v) is 8.35. The van der Waals surface area contributed by atoms with Crippen LogP contribution in [0.25, 0.3) is 22.2 Å². The molecule has 0 atom stereocenters. The van der Waals surface area contributed by atoms with Crippen molar-refractivity contribution in [3.8, 4) is 11.3 Å². The second kappa shape index (κ2) is 5.32. The Morgan fingerprint density at radius 1 is 1.20 bits per heavy atom. The first-order valence-corrected chi connectivity index (χ1v) is 9.28. The van der Waals surface area contributed by atoms with E-state index in [2.05, 4.69) is 64.3 Å². The quantitative estimate of drug-likeness (QED) is 0.769. The van der Waals surface area contributed by atoms with Crippen molar-refractivity contribution in [3.05, 3.63) is 42.1 Å². The van der Waals surface area contributed by atoms with Crippen LogP contribution in [0.15, 0.2) is 36.5 Å². The summed E-state index contributed by atoms with van der Waals surface area (Å²) >= 11 is 0. The summed E-state index contributed by atoms with van der Waals surface area (Å²) in [6.07, 6.45) is 5.78. The molecule has 2 aromatic heterocycles. The Morgan fingerprint density at radius 3 is 2.80 bits per heavy atom. The fraction of sp³-hybridized carbons (Fsp3) is 0.429. The Labute approximate surface area is 148 Å². The summed E-state index contributed by atoms with van der Waals surface area (Å²) in [7, 11) is 0. The molecule has 2 aliphatic rings. The minimum Gasteiger partial charge on any atom is -0.356 e. The van der Waals surface area contributed by atoms with Crippen LogP contribution < -0.4 is 4.90 Å². The van der Waals surface area contributed by atoms with Crippen molar-refractivity contribution in [2.45, 2.75) is 33.1 Å². The first-order chi connectivity index (χ1) is 12.1. The molecule has 5 rings (SSSR count). The molecule has 0 spiro atoms. The van der Waals surface area contributed by atoms with E-state index in [4.69, 9.17) is 0 Å². The zero-order valence-electron chi connectivity index (χ0n) is 14.9. The van der Waals surface area contributed by atoms with Crippen molar-refractivity contribution >= 4 is 16.7 Å². The molecular formula is C21H24N4. The molecule has 1 saturated heterocycles. The fourth-order valence-corrected chi connectivity index (χ4v) is 3.90. The third kappa shape index (κ3) is 2.70. The standard InChI is InChI=1S/C21H24N4/c1-14-12-25(13-14)19-10-16(5-8-22-19)20-17-9-15(11-21(2)6-7-21)3-4-18(17)23-24-20/h3-5,8-10,14H,6-7,11-13H2,1-2H3,(H,23,24). The maximum atomic E-state index is 4.61. The molecule has 1 saturated carbocycles. The molecule has 4 nitrogen and oxygen atoms in total. The molecule has 1 aliphatic carbocycles. The molecule has 128 valence electrons. The van der Waals surface area contributed by atoms with Crippen LogP contribution in [-0.2, 0) is 6.42 Å². The van der Waals surface area contributed by atoms with E-state index in [-0.39, 0.29) is 0 Å². The van der Waals surface area contributed by atoms with Crippen molar-refractivity contribution in [1.82, 2.24) is 15.2 Å². The van der Waals surface area contributed by atoms with Crippen molar-refractivity contribution in [2.24, 2.45) is 11.3 Å². The summed E-state index contributed by atoms with van der Waals surface area (Å²) < 4.78 is 0. The molecule has 4 heteroatoms. The maximum Gasteiger partial charge on any atom is 0.129 e. The molecule has 2 fully saturated rings. The number of hydrogen-bond donors (Lipinski definition) is 1. The van der Waals surface area contributed by atoms with Gasteiger partial charge in [0.25, 0.3) is 0 Å². The third-order valence-electron chi connectivity index (χ3n) is 5.77. The molecule has 0 unspecified atom stereocenters. The van der Waals surface area contributed by atoms with Gasteiger partial charge in [-0.1, -0.05) is 19.9 Å². The van der Waals surface area contributed by atoms with Crippen LogP contribution in [0.4, 0.5) is 5.82 Å². The molecule has 3 heterocycles. The molecule has 0 amide bonds. The topological polar surface area (TPSA) is 44.8 Å². The number of benzene rings is 1. The number of H-pyrrole nitrogens is 1. The molecule has 1 aromatic carbocycles. The van der Waals surface area contributed by atoms with Gasteiger partial charge >= 0.3 is 0 Å². The first kappa shape index (κ1) is 14.9. The highest BCUT2D eigenvalue weighted by atomic mass is 15.2. The molecular weight excluding hydrogens is 308 g/mol. The van der Waals surface area contributed by atoms with Gasteiger partial charge in [0.2, 0.25) is 0 Å². The molecule has 0 radical (unpaired) electrons. The van der Waals surface area contributed by atoms with Gasteiger partial charge in [0.15, 0.2) is 0 Å². The SMILES string of the molecule is CC1CN(c2cc(-c3n[nH]c4ccc(CC5(C)CC5)cc34)ccn2)C1. The number of hydrogen-bond acceptors (Lipinski definition) is 3. The van der Waals surface area contributed by atoms with E-state index in [9.17, 15) is 0 Å². The Bertz CT molecular complexity index is 932. The number of aromatic nitrogens is 3. The fourth-order valence-electron chi connectivity index (χ4n) is 3.90. The third-order valence-corrected chi connectivity index (χ3v) is 5.77. The normalized spacial score (nSPS) is 19.2. The van der Waals surface area contributed by atoms with Crippen LogP contribution in [0.1, 0.15) is 32.3 Å². The molecule has 1 N–H and O–H groups in total. The summed E-state index contributed by atoms with van der Waals surface area (Å²) in [6.45, 7) is 6.86. The maximum absolute atomic E-state index is 4.61. The van der Waals surface area contributed by atoms with E-state index in [1.807, 2.05) is 6.20 Å². The predicted octanol–water partition coefficient (Wildman–Crippen LogP) is 4.42. The van der Waals surface area contributed by atoms with E-state index in [1.54, 1.807) is 0 Å². The lowest BCUT2D eigenvalue weighted by atomic mass is 9.96. The van der Waals surface area contributed by atoms with Gasteiger partial charge in [-0.15, -0.1) is 0 Å². The van der Waals surface area contributed by atoms with Crippen molar-refractivity contribution in [1.29, 1.82) is 0 Å². The minimum atomic E-state index is 0.523. The summed E-state index contributed by atoms with van der Waals surface area (Å²) in [4.78, 5) is 6.88. The average Bonchev–Trinajstić information content (AvgIpc) is 3.16. The summed E-state index contributed by atoms with van der Waals surface area (Å²) in [5, 5.41) is 9.02. The average molecular weight is 332 g/mol. The van der Waals surface area contributed by atoms with Crippen molar-refractivity contribution < 1.29 is 0 Å². The number of rotatable bonds is 4. The zero-order valence-corrected chi connectivity index (χ0v) is 14.9. The number of pyridine rings is 1. The number of aromatic amines is 1. The van der Waals surface area contributed by atoms with Gasteiger partial charge in [-0.25, -0.2) is 4.98 Å². The van der Waals surface area contributed by atoms with E-state index in [0.717, 1.165) is 41.6 Å². The number of nitrogens with zero attached hydrogens (tertiary/aromatic N) is 3. The van der Waals surface area contributed by atoms with E-state index < -0.39 is 0 Å². The Morgan fingerprint density at radius 2 is 2.04 bits per heavy atom. The van der Waals surface area contributed by atoms with Crippen molar-refractivity contribution in [3.63, 3.8) is 0 Å². The summed E-state index contributed by atoms with van der Waals surface area (Å²) in [5.74, 6) is 1.83. The van der Waals surface area contributed by atoms with Crippen LogP contribution in [0.2, 0.25) is 0 Å². The van der Waals surface area contributed by atoms with Gasteiger partial charge in [-0.2, -0.15) is 5.10 Å². The van der Waals surface area contributed by atoms with Crippen LogP contribution in [0.5, 0.6) is 0 Å². The summed E-state index contributed by atoms with van der Waals surface area (Å²) in [6, 6.07) is 11.0. The molecule has 25 heavy (non-hydrogen) atoms. The van der Waals surface area contributed by atoms with E-state index in [1.165, 1.54) is 30.2 Å². The van der Waals surface area contributed by atoms with Gasteiger partial charge in [-0.05, 0) is 60.4 Å². The number of fused-ring (bicyclic) bond motifs is 1. The second-order valence-electron chi connectivity index (χ2n) is 8.35. The summed E-state index contributed by atoms with van der Waals surface area (Å²) in [5.41, 5.74) is 5.23. The van der Waals surface area contributed by atoms with Crippen LogP contribution in [-0.4, -0.2) is 28.3 Å².